The molecule has 0 heterocycles. The van der Waals surface area contributed by atoms with E-state index >= 15 is 0 Å². The topological polar surface area (TPSA) is 17.1 Å². The second-order valence-electron chi connectivity index (χ2n) is 4.55. The minimum absolute atomic E-state index is 0.325. The van der Waals surface area contributed by atoms with Gasteiger partial charge >= 0.3 is 0 Å². The number of benzene rings is 1. The minimum atomic E-state index is -0.686. The van der Waals surface area contributed by atoms with E-state index in [0.717, 1.165) is 0 Å². The number of carbonyl (C=O) groups excluding carboxylic acids is 1. The number of Topliss-reactive ketones (excluding diaryl/α,β-unsaturated/α-hetero) is 1. The highest BCUT2D eigenvalue weighted by Crippen LogP contribution is 2.20. The van der Waals surface area contributed by atoms with E-state index in [2.05, 4.69) is 0 Å². The number of ketones is 1. The van der Waals surface area contributed by atoms with E-state index < -0.39 is 11.6 Å². The summed E-state index contributed by atoms with van der Waals surface area (Å²) in [6, 6.07) is 8.45. The number of carbonyl (C=O) groups is 1. The Balaban J connectivity index is 2.92. The minimum Gasteiger partial charge on any atom is -0.286 e. The predicted octanol–water partition coefficient (Wildman–Crippen LogP) is 3.77. The van der Waals surface area contributed by atoms with Gasteiger partial charge in [0.15, 0.2) is 5.83 Å². The normalized spacial score (nSPS) is 12.7. The highest BCUT2D eigenvalue weighted by Gasteiger charge is 2.15. The van der Waals surface area contributed by atoms with Gasteiger partial charge in [-0.3, -0.25) is 4.79 Å². The molecule has 0 fully saturated rings. The summed E-state index contributed by atoms with van der Waals surface area (Å²) in [7, 11) is 0. The molecule has 0 spiro atoms. The molecule has 1 nitrogen and oxygen atoms in total. The molecular weight excluding hydrogens is 191 g/mol. The Hall–Kier alpha value is -1.44. The van der Waals surface area contributed by atoms with Crippen molar-refractivity contribution in [2.45, 2.75) is 20.8 Å². The number of halogens is 1. The van der Waals surface area contributed by atoms with Gasteiger partial charge in [-0.1, -0.05) is 51.1 Å². The van der Waals surface area contributed by atoms with E-state index in [4.69, 9.17) is 0 Å². The zero-order chi connectivity index (χ0) is 11.5. The molecule has 0 radical (unpaired) electrons. The summed E-state index contributed by atoms with van der Waals surface area (Å²) < 4.78 is 13.5. The van der Waals surface area contributed by atoms with Gasteiger partial charge in [0, 0.05) is 5.56 Å². The summed E-state index contributed by atoms with van der Waals surface area (Å²) in [5.74, 6) is -1.24. The van der Waals surface area contributed by atoms with E-state index in [-0.39, 0.29) is 5.41 Å². The van der Waals surface area contributed by atoms with Crippen LogP contribution in [0.2, 0.25) is 0 Å². The highest BCUT2D eigenvalue weighted by molar-refractivity contribution is 6.07. The first-order valence-electron chi connectivity index (χ1n) is 4.88. The fraction of sp³-hybridized carbons (Fsp3) is 0.308. The van der Waals surface area contributed by atoms with Crippen LogP contribution in [0.5, 0.6) is 0 Å². The Morgan fingerprint density at radius 3 is 2.20 bits per heavy atom. The van der Waals surface area contributed by atoms with Crippen LogP contribution in [0.1, 0.15) is 31.1 Å². The summed E-state index contributed by atoms with van der Waals surface area (Å²) in [6.07, 6.45) is 1.35. The zero-order valence-corrected chi connectivity index (χ0v) is 9.25. The van der Waals surface area contributed by atoms with Crippen molar-refractivity contribution in [3.8, 4) is 0 Å². The number of hydrogen-bond donors (Lipinski definition) is 0. The molecule has 80 valence electrons. The van der Waals surface area contributed by atoms with Crippen LogP contribution in [0.25, 0.3) is 0 Å². The zero-order valence-electron chi connectivity index (χ0n) is 9.25. The van der Waals surface area contributed by atoms with Crippen molar-refractivity contribution in [1.29, 1.82) is 0 Å². The Morgan fingerprint density at radius 2 is 1.73 bits per heavy atom. The van der Waals surface area contributed by atoms with Crippen LogP contribution in [0.3, 0.4) is 0 Å². The summed E-state index contributed by atoms with van der Waals surface area (Å²) in [6.45, 7) is 5.56. The molecule has 0 aliphatic carbocycles. The number of rotatable bonds is 2. The van der Waals surface area contributed by atoms with Crippen molar-refractivity contribution in [3.05, 3.63) is 47.8 Å². The van der Waals surface area contributed by atoms with Crippen LogP contribution in [-0.4, -0.2) is 5.78 Å². The molecule has 0 saturated heterocycles. The monoisotopic (exact) mass is 206 g/mol. The molecule has 0 atom stereocenters. The second-order valence-corrected chi connectivity index (χ2v) is 4.55. The molecule has 0 bridgehead atoms. The fourth-order valence-corrected chi connectivity index (χ4v) is 1.17. The van der Waals surface area contributed by atoms with Crippen molar-refractivity contribution in [3.63, 3.8) is 0 Å². The third-order valence-electron chi connectivity index (χ3n) is 1.81. The maximum Gasteiger partial charge on any atom is 0.221 e. The third-order valence-corrected chi connectivity index (χ3v) is 1.81. The summed E-state index contributed by atoms with van der Waals surface area (Å²) in [5.41, 5.74) is 0.0598. The van der Waals surface area contributed by atoms with Crippen molar-refractivity contribution in [2.24, 2.45) is 5.41 Å². The molecule has 0 N–H and O–H groups in total. The molecule has 2 heteroatoms. The van der Waals surface area contributed by atoms with Crippen molar-refractivity contribution >= 4 is 5.78 Å². The van der Waals surface area contributed by atoms with E-state index in [9.17, 15) is 9.18 Å². The lowest BCUT2D eigenvalue weighted by atomic mass is 9.94. The van der Waals surface area contributed by atoms with Crippen LogP contribution >= 0.6 is 0 Å². The first-order chi connectivity index (χ1) is 6.90. The quantitative estimate of drug-likeness (QED) is 0.531. The first-order valence-corrected chi connectivity index (χ1v) is 4.88. The van der Waals surface area contributed by atoms with E-state index in [1.807, 2.05) is 20.8 Å². The van der Waals surface area contributed by atoms with Gasteiger partial charge in [0.1, 0.15) is 0 Å². The molecule has 1 aromatic carbocycles. The Kier molecular flexibility index (Phi) is 3.40. The molecular formula is C13H15FO. The maximum absolute atomic E-state index is 13.5. The van der Waals surface area contributed by atoms with Gasteiger partial charge in [-0.25, -0.2) is 4.39 Å². The van der Waals surface area contributed by atoms with Crippen LogP contribution in [0.4, 0.5) is 4.39 Å². The summed E-state index contributed by atoms with van der Waals surface area (Å²) >= 11 is 0. The Bertz CT molecular complexity index is 371. The van der Waals surface area contributed by atoms with Crippen LogP contribution in [0, 0.1) is 5.41 Å². The molecule has 0 amide bonds. The average molecular weight is 206 g/mol. The van der Waals surface area contributed by atoms with Crippen molar-refractivity contribution in [2.75, 3.05) is 0 Å². The van der Waals surface area contributed by atoms with Crippen molar-refractivity contribution in [1.82, 2.24) is 0 Å². The standard InChI is InChI=1S/C13H15FO/c1-13(2,3)9-11(14)12(15)10-7-5-4-6-8-10/h4-9H,1-3H3/b11-9-. The van der Waals surface area contributed by atoms with Crippen molar-refractivity contribution < 1.29 is 9.18 Å². The first kappa shape index (κ1) is 11.6. The Morgan fingerprint density at radius 1 is 1.20 bits per heavy atom. The van der Waals surface area contributed by atoms with Gasteiger partial charge in [0.2, 0.25) is 5.78 Å². The van der Waals surface area contributed by atoms with E-state index in [1.165, 1.54) is 6.08 Å². The largest absolute Gasteiger partial charge is 0.286 e. The van der Waals surface area contributed by atoms with Gasteiger partial charge < -0.3 is 0 Å². The van der Waals surface area contributed by atoms with Gasteiger partial charge in [-0.15, -0.1) is 0 Å². The second kappa shape index (κ2) is 4.39. The average Bonchev–Trinajstić information content (AvgIpc) is 2.15. The third kappa shape index (κ3) is 3.66. The van der Waals surface area contributed by atoms with E-state index in [0.29, 0.717) is 5.56 Å². The van der Waals surface area contributed by atoms with Crippen LogP contribution in [-0.2, 0) is 0 Å². The molecule has 0 aromatic heterocycles. The lowest BCUT2D eigenvalue weighted by molar-refractivity contribution is 0.100. The summed E-state index contributed by atoms with van der Waals surface area (Å²) in [5, 5.41) is 0. The lowest BCUT2D eigenvalue weighted by Gasteiger charge is -2.11. The smallest absolute Gasteiger partial charge is 0.221 e. The fourth-order valence-electron chi connectivity index (χ4n) is 1.17. The van der Waals surface area contributed by atoms with Crippen LogP contribution in [0.15, 0.2) is 42.2 Å². The van der Waals surface area contributed by atoms with Gasteiger partial charge in [-0.05, 0) is 11.5 Å². The molecule has 0 aliphatic heterocycles. The molecule has 1 aromatic rings. The lowest BCUT2D eigenvalue weighted by Crippen LogP contribution is -2.06. The van der Waals surface area contributed by atoms with Gasteiger partial charge in [-0.2, -0.15) is 0 Å². The predicted molar refractivity (Wildman–Crippen MR) is 59.4 cm³/mol. The highest BCUT2D eigenvalue weighted by atomic mass is 19.1. The molecule has 15 heavy (non-hydrogen) atoms. The van der Waals surface area contributed by atoms with E-state index in [1.54, 1.807) is 30.3 Å². The Labute approximate surface area is 89.6 Å². The summed E-state index contributed by atoms with van der Waals surface area (Å²) in [4.78, 5) is 11.6. The van der Waals surface area contributed by atoms with Gasteiger partial charge in [0.25, 0.3) is 0 Å². The number of allylic oxidation sites excluding steroid dienone is 2. The maximum atomic E-state index is 13.5. The number of hydrogen-bond acceptors (Lipinski definition) is 1. The van der Waals surface area contributed by atoms with Crippen LogP contribution < -0.4 is 0 Å². The SMILES string of the molecule is CC(C)(C)/C=C(\F)C(=O)c1ccccc1. The molecule has 0 unspecified atom stereocenters. The molecule has 0 aliphatic rings. The molecule has 0 saturated carbocycles. The van der Waals surface area contributed by atoms with Gasteiger partial charge in [0.05, 0.1) is 0 Å². The molecule has 1 rings (SSSR count).